The largest absolute Gasteiger partial charge is 0.0826 e. The minimum absolute atomic E-state index is 0.985. The molecular weight excluding hydrogens is 326 g/mol. The van der Waals surface area contributed by atoms with Gasteiger partial charge in [0.1, 0.15) is 0 Å². The smallest absolute Gasteiger partial charge is 0.0110 e. The number of halogens is 2. The average Bonchev–Trinajstić information content (AvgIpc) is 1.77. The Bertz CT molecular complexity index is 54.9. The lowest BCUT2D eigenvalue weighted by molar-refractivity contribution is 0.554. The zero-order valence-corrected chi connectivity index (χ0v) is 9.05. The Morgan fingerprint density at radius 2 is 1.00 bits per heavy atom. The molecule has 0 atom stereocenters. The maximum atomic E-state index is 2.56. The predicted octanol–water partition coefficient (Wildman–Crippen LogP) is 3.17. The van der Waals surface area contributed by atoms with Crippen LogP contribution in [0.5, 0.6) is 0 Å². The molecule has 2 heteroatoms. The van der Waals surface area contributed by atoms with E-state index in [0.29, 0.717) is 0 Å². The van der Waals surface area contributed by atoms with Gasteiger partial charge in [0.05, 0.1) is 0 Å². The summed E-state index contributed by atoms with van der Waals surface area (Å²) in [5.74, 6) is 0. The molecule has 0 bridgehead atoms. The summed E-state index contributed by atoms with van der Waals surface area (Å²) in [5.41, 5.74) is 0. The Morgan fingerprint density at radius 3 is 1.25 bits per heavy atom. The Hall–Kier alpha value is 1.46. The lowest BCUT2D eigenvalue weighted by atomic mass is 10.0. The summed E-state index contributed by atoms with van der Waals surface area (Å²) in [4.78, 5) is 0. The zero-order chi connectivity index (χ0) is 5.98. The van der Waals surface area contributed by atoms with Crippen molar-refractivity contribution in [1.82, 2.24) is 0 Å². The second-order valence-corrected chi connectivity index (χ2v) is 5.87. The Kier molecular flexibility index (Phi) is 3.39. The third kappa shape index (κ3) is 2.37. The first-order valence-electron chi connectivity index (χ1n) is 3.07. The summed E-state index contributed by atoms with van der Waals surface area (Å²) in [6.45, 7) is 0. The van der Waals surface area contributed by atoms with Gasteiger partial charge in [-0.2, -0.15) is 0 Å². The maximum absolute atomic E-state index is 2.56. The Labute approximate surface area is 78.1 Å². The molecule has 0 saturated heterocycles. The van der Waals surface area contributed by atoms with Gasteiger partial charge in [0.15, 0.2) is 0 Å². The van der Waals surface area contributed by atoms with Gasteiger partial charge in [0, 0.05) is 7.85 Å². The minimum atomic E-state index is 0.985. The van der Waals surface area contributed by atoms with Crippen LogP contribution in [0.2, 0.25) is 0 Å². The highest BCUT2D eigenvalue weighted by Gasteiger charge is 2.15. The van der Waals surface area contributed by atoms with Crippen LogP contribution < -0.4 is 0 Å². The minimum Gasteiger partial charge on any atom is -0.0826 e. The highest BCUT2D eigenvalue weighted by atomic mass is 127. The van der Waals surface area contributed by atoms with Crippen LogP contribution >= 0.6 is 45.2 Å². The van der Waals surface area contributed by atoms with Crippen LogP contribution in [0.4, 0.5) is 0 Å². The lowest BCUT2D eigenvalue weighted by Gasteiger charge is -2.19. The molecule has 0 aliphatic heterocycles. The van der Waals surface area contributed by atoms with E-state index in [1.165, 1.54) is 25.7 Å². The molecule has 1 rings (SSSR count). The fourth-order valence-electron chi connectivity index (χ4n) is 1.01. The van der Waals surface area contributed by atoms with Crippen molar-refractivity contribution in [2.45, 2.75) is 33.5 Å². The van der Waals surface area contributed by atoms with Crippen molar-refractivity contribution in [2.75, 3.05) is 0 Å². The van der Waals surface area contributed by atoms with Gasteiger partial charge in [0.2, 0.25) is 0 Å². The van der Waals surface area contributed by atoms with Crippen LogP contribution in [0.3, 0.4) is 0 Å². The van der Waals surface area contributed by atoms with E-state index in [4.69, 9.17) is 0 Å². The van der Waals surface area contributed by atoms with Crippen LogP contribution in [0.25, 0.3) is 0 Å². The van der Waals surface area contributed by atoms with Crippen molar-refractivity contribution in [2.24, 2.45) is 0 Å². The van der Waals surface area contributed by atoms with Gasteiger partial charge in [-0.1, -0.05) is 45.2 Å². The molecule has 0 nitrogen and oxygen atoms in total. The Morgan fingerprint density at radius 1 is 0.750 bits per heavy atom. The summed E-state index contributed by atoms with van der Waals surface area (Å²) in [5, 5.41) is 0. The third-order valence-corrected chi connectivity index (χ3v) is 4.08. The highest BCUT2D eigenvalue weighted by molar-refractivity contribution is 14.1. The van der Waals surface area contributed by atoms with E-state index in [2.05, 4.69) is 45.2 Å². The van der Waals surface area contributed by atoms with Crippen molar-refractivity contribution in [3.05, 3.63) is 0 Å². The first-order chi connectivity index (χ1) is 3.79. The molecule has 0 amide bonds. The van der Waals surface area contributed by atoms with E-state index in [1.807, 2.05) is 0 Å². The molecule has 1 saturated carbocycles. The second kappa shape index (κ2) is 3.58. The maximum Gasteiger partial charge on any atom is 0.0110 e. The van der Waals surface area contributed by atoms with Gasteiger partial charge >= 0.3 is 0 Å². The summed E-state index contributed by atoms with van der Waals surface area (Å²) < 4.78 is 1.97. The summed E-state index contributed by atoms with van der Waals surface area (Å²) >= 11 is 5.13. The molecule has 0 radical (unpaired) electrons. The molecule has 1 aliphatic carbocycles. The average molecular weight is 336 g/mol. The van der Waals surface area contributed by atoms with Gasteiger partial charge in [-0.15, -0.1) is 0 Å². The van der Waals surface area contributed by atoms with Gasteiger partial charge < -0.3 is 0 Å². The standard InChI is InChI=1S/C6H10I2/c7-5-1-2-6(8)4-3-5/h5-6H,1-4H2/t5-,6-. The molecule has 0 aromatic carbocycles. The zero-order valence-electron chi connectivity index (χ0n) is 4.74. The first-order valence-corrected chi connectivity index (χ1v) is 5.56. The van der Waals surface area contributed by atoms with Crippen molar-refractivity contribution < 1.29 is 0 Å². The van der Waals surface area contributed by atoms with E-state index < -0.39 is 0 Å². The van der Waals surface area contributed by atoms with Crippen LogP contribution in [0.1, 0.15) is 25.7 Å². The van der Waals surface area contributed by atoms with Crippen molar-refractivity contribution in [3.8, 4) is 0 Å². The molecule has 0 heterocycles. The molecule has 1 fully saturated rings. The van der Waals surface area contributed by atoms with Crippen molar-refractivity contribution in [3.63, 3.8) is 0 Å². The predicted molar refractivity (Wildman–Crippen MR) is 54.1 cm³/mol. The molecular formula is C6H10I2. The van der Waals surface area contributed by atoms with Crippen LogP contribution in [0, 0.1) is 0 Å². The van der Waals surface area contributed by atoms with Gasteiger partial charge in [0.25, 0.3) is 0 Å². The van der Waals surface area contributed by atoms with E-state index in [-0.39, 0.29) is 0 Å². The molecule has 0 N–H and O–H groups in total. The molecule has 0 aromatic rings. The number of hydrogen-bond donors (Lipinski definition) is 0. The van der Waals surface area contributed by atoms with Gasteiger partial charge in [-0.25, -0.2) is 0 Å². The molecule has 48 valence electrons. The van der Waals surface area contributed by atoms with E-state index >= 15 is 0 Å². The number of rotatable bonds is 0. The summed E-state index contributed by atoms with van der Waals surface area (Å²) in [6.07, 6.45) is 5.81. The number of hydrogen-bond acceptors (Lipinski definition) is 0. The molecule has 0 spiro atoms. The lowest BCUT2D eigenvalue weighted by Crippen LogP contribution is -2.12. The second-order valence-electron chi connectivity index (χ2n) is 2.35. The van der Waals surface area contributed by atoms with Crippen LogP contribution in [0.15, 0.2) is 0 Å². The monoisotopic (exact) mass is 336 g/mol. The fraction of sp³-hybridized carbons (Fsp3) is 1.00. The molecule has 0 unspecified atom stereocenters. The van der Waals surface area contributed by atoms with Crippen LogP contribution in [-0.2, 0) is 0 Å². The summed E-state index contributed by atoms with van der Waals surface area (Å²) in [6, 6.07) is 0. The quantitative estimate of drug-likeness (QED) is 0.471. The van der Waals surface area contributed by atoms with Gasteiger partial charge in [-0.05, 0) is 25.7 Å². The van der Waals surface area contributed by atoms with Crippen LogP contribution in [-0.4, -0.2) is 7.85 Å². The van der Waals surface area contributed by atoms with E-state index in [0.717, 1.165) is 7.85 Å². The van der Waals surface area contributed by atoms with Crippen molar-refractivity contribution >= 4 is 45.2 Å². The highest BCUT2D eigenvalue weighted by Crippen LogP contribution is 2.28. The topological polar surface area (TPSA) is 0 Å². The normalized spacial score (nSPS) is 39.8. The summed E-state index contributed by atoms with van der Waals surface area (Å²) in [7, 11) is 0. The molecule has 0 aromatic heterocycles. The third-order valence-electron chi connectivity index (χ3n) is 1.59. The first kappa shape index (κ1) is 7.57. The number of alkyl halides is 2. The van der Waals surface area contributed by atoms with E-state index in [1.54, 1.807) is 0 Å². The van der Waals surface area contributed by atoms with E-state index in [9.17, 15) is 0 Å². The Balaban J connectivity index is 2.19. The van der Waals surface area contributed by atoms with Gasteiger partial charge in [-0.3, -0.25) is 0 Å². The molecule has 8 heavy (non-hydrogen) atoms. The fourth-order valence-corrected chi connectivity index (χ4v) is 2.45. The van der Waals surface area contributed by atoms with Crippen molar-refractivity contribution in [1.29, 1.82) is 0 Å². The molecule has 1 aliphatic rings. The SMILES string of the molecule is I[C@H]1CC[C@H](I)CC1.